The van der Waals surface area contributed by atoms with Crippen LogP contribution in [0.2, 0.25) is 0 Å². The summed E-state index contributed by atoms with van der Waals surface area (Å²) in [5.41, 5.74) is -3.25. The molecular formula is C10H12F3NOS. The first-order valence-corrected chi connectivity index (χ1v) is 5.61. The van der Waals surface area contributed by atoms with Crippen LogP contribution in [0.3, 0.4) is 0 Å². The van der Waals surface area contributed by atoms with Crippen molar-refractivity contribution in [2.75, 3.05) is 24.7 Å². The fraction of sp³-hybridized carbons (Fsp3) is 0.400. The molecular weight excluding hydrogens is 239 g/mol. The molecule has 0 atom stereocenters. The van der Waals surface area contributed by atoms with E-state index in [0.717, 1.165) is 5.69 Å². The third-order valence-corrected chi connectivity index (χ3v) is 2.46. The van der Waals surface area contributed by atoms with Gasteiger partial charge in [0.05, 0.1) is 6.61 Å². The van der Waals surface area contributed by atoms with Crippen molar-refractivity contribution >= 4 is 17.4 Å². The van der Waals surface area contributed by atoms with E-state index in [1.807, 2.05) is 0 Å². The lowest BCUT2D eigenvalue weighted by molar-refractivity contribution is -0.0329. The number of nitrogens with one attached hydrogen (secondary N) is 1. The van der Waals surface area contributed by atoms with E-state index in [4.69, 9.17) is 4.74 Å². The van der Waals surface area contributed by atoms with Gasteiger partial charge in [0.25, 0.3) is 0 Å². The van der Waals surface area contributed by atoms with E-state index in [1.54, 1.807) is 31.3 Å². The Morgan fingerprint density at radius 1 is 1.25 bits per heavy atom. The minimum atomic E-state index is -4.18. The summed E-state index contributed by atoms with van der Waals surface area (Å²) in [6.07, 6.45) is 0. The van der Waals surface area contributed by atoms with E-state index < -0.39 is 5.51 Å². The number of hydrogen-bond donors (Lipinski definition) is 1. The minimum absolute atomic E-state index is 0.0447. The summed E-state index contributed by atoms with van der Waals surface area (Å²) in [7, 11) is 1.79. The SMILES string of the molecule is CNc1ccc(OCCSC(F)(F)F)cc1. The average molecular weight is 251 g/mol. The first-order chi connectivity index (χ1) is 7.51. The van der Waals surface area contributed by atoms with Crippen LogP contribution in [0, 0.1) is 0 Å². The molecule has 6 heteroatoms. The van der Waals surface area contributed by atoms with Gasteiger partial charge in [-0.05, 0) is 36.0 Å². The van der Waals surface area contributed by atoms with Crippen molar-refractivity contribution in [1.82, 2.24) is 0 Å². The van der Waals surface area contributed by atoms with Crippen LogP contribution in [0.15, 0.2) is 24.3 Å². The van der Waals surface area contributed by atoms with E-state index in [0.29, 0.717) is 5.75 Å². The number of benzene rings is 1. The van der Waals surface area contributed by atoms with Crippen LogP contribution in [-0.4, -0.2) is 24.9 Å². The molecule has 0 aromatic heterocycles. The Hall–Kier alpha value is -1.04. The molecule has 0 radical (unpaired) electrons. The number of ether oxygens (including phenoxy) is 1. The summed E-state index contributed by atoms with van der Waals surface area (Å²) in [4.78, 5) is 0. The first-order valence-electron chi connectivity index (χ1n) is 4.62. The molecule has 1 aromatic rings. The highest BCUT2D eigenvalue weighted by molar-refractivity contribution is 8.00. The van der Waals surface area contributed by atoms with Crippen LogP contribution in [0.1, 0.15) is 0 Å². The quantitative estimate of drug-likeness (QED) is 0.811. The molecule has 0 fully saturated rings. The van der Waals surface area contributed by atoms with Crippen molar-refractivity contribution in [3.05, 3.63) is 24.3 Å². The van der Waals surface area contributed by atoms with Crippen LogP contribution in [0.4, 0.5) is 18.9 Å². The third kappa shape index (κ3) is 5.16. The van der Waals surface area contributed by atoms with E-state index >= 15 is 0 Å². The van der Waals surface area contributed by atoms with Gasteiger partial charge in [0.2, 0.25) is 0 Å². The van der Waals surface area contributed by atoms with E-state index in [9.17, 15) is 13.2 Å². The molecule has 1 rings (SSSR count). The number of halogens is 3. The first kappa shape index (κ1) is 13.0. The maximum absolute atomic E-state index is 11.8. The van der Waals surface area contributed by atoms with Gasteiger partial charge in [-0.25, -0.2) is 0 Å². The van der Waals surface area contributed by atoms with Gasteiger partial charge in [0.15, 0.2) is 0 Å². The maximum atomic E-state index is 11.8. The van der Waals surface area contributed by atoms with Crippen molar-refractivity contribution in [2.24, 2.45) is 0 Å². The summed E-state index contributed by atoms with van der Waals surface area (Å²) >= 11 is -0.0769. The predicted molar refractivity (Wildman–Crippen MR) is 60.0 cm³/mol. The van der Waals surface area contributed by atoms with Crippen LogP contribution in [0.5, 0.6) is 5.75 Å². The lowest BCUT2D eigenvalue weighted by Crippen LogP contribution is -2.07. The Morgan fingerprint density at radius 2 is 1.88 bits per heavy atom. The number of hydrogen-bond acceptors (Lipinski definition) is 3. The van der Waals surface area contributed by atoms with Crippen molar-refractivity contribution < 1.29 is 17.9 Å². The Bertz CT molecular complexity index is 313. The van der Waals surface area contributed by atoms with Crippen molar-refractivity contribution in [3.63, 3.8) is 0 Å². The molecule has 0 spiro atoms. The van der Waals surface area contributed by atoms with E-state index in [2.05, 4.69) is 5.32 Å². The van der Waals surface area contributed by atoms with Crippen LogP contribution < -0.4 is 10.1 Å². The number of alkyl halides is 3. The highest BCUT2D eigenvalue weighted by Crippen LogP contribution is 2.29. The minimum Gasteiger partial charge on any atom is -0.493 e. The zero-order valence-corrected chi connectivity index (χ0v) is 9.49. The van der Waals surface area contributed by atoms with Gasteiger partial charge in [-0.1, -0.05) is 0 Å². The molecule has 0 amide bonds. The molecule has 0 saturated carbocycles. The fourth-order valence-corrected chi connectivity index (χ4v) is 1.43. The molecule has 0 aliphatic carbocycles. The monoisotopic (exact) mass is 251 g/mol. The highest BCUT2D eigenvalue weighted by Gasteiger charge is 2.27. The molecule has 0 bridgehead atoms. The van der Waals surface area contributed by atoms with Crippen LogP contribution in [0.25, 0.3) is 0 Å². The second-order valence-corrected chi connectivity index (χ2v) is 4.08. The molecule has 0 unspecified atom stereocenters. The van der Waals surface area contributed by atoms with Gasteiger partial charge >= 0.3 is 5.51 Å². The Balaban J connectivity index is 2.27. The maximum Gasteiger partial charge on any atom is 0.441 e. The summed E-state index contributed by atoms with van der Waals surface area (Å²) < 4.78 is 40.5. The van der Waals surface area contributed by atoms with Crippen LogP contribution >= 0.6 is 11.8 Å². The Kier molecular flexibility index (Phi) is 4.79. The lowest BCUT2D eigenvalue weighted by atomic mass is 10.3. The van der Waals surface area contributed by atoms with Gasteiger partial charge in [0.1, 0.15) is 5.75 Å². The average Bonchev–Trinajstić information content (AvgIpc) is 2.24. The topological polar surface area (TPSA) is 21.3 Å². The van der Waals surface area contributed by atoms with Gasteiger partial charge in [-0.15, -0.1) is 0 Å². The molecule has 16 heavy (non-hydrogen) atoms. The highest BCUT2D eigenvalue weighted by atomic mass is 32.2. The van der Waals surface area contributed by atoms with Crippen molar-refractivity contribution in [1.29, 1.82) is 0 Å². The second kappa shape index (κ2) is 5.89. The van der Waals surface area contributed by atoms with Gasteiger partial charge < -0.3 is 10.1 Å². The second-order valence-electron chi connectivity index (χ2n) is 2.92. The molecule has 1 aromatic carbocycles. The molecule has 2 nitrogen and oxygen atoms in total. The number of rotatable bonds is 5. The van der Waals surface area contributed by atoms with E-state index in [1.165, 1.54) is 0 Å². The zero-order valence-electron chi connectivity index (χ0n) is 8.67. The molecule has 90 valence electrons. The summed E-state index contributed by atoms with van der Waals surface area (Å²) in [5, 5.41) is 2.93. The molecule has 0 aliphatic rings. The molecule has 0 heterocycles. The standard InChI is InChI=1S/C10H12F3NOS/c1-14-8-2-4-9(5-3-8)15-6-7-16-10(11,12)13/h2-5,14H,6-7H2,1H3. The summed E-state index contributed by atoms with van der Waals surface area (Å²) in [5.74, 6) is 0.471. The summed E-state index contributed by atoms with van der Waals surface area (Å²) in [6, 6.07) is 7.02. The van der Waals surface area contributed by atoms with E-state index in [-0.39, 0.29) is 24.1 Å². The predicted octanol–water partition coefficient (Wildman–Crippen LogP) is 3.36. The van der Waals surface area contributed by atoms with Crippen molar-refractivity contribution in [2.45, 2.75) is 5.51 Å². The third-order valence-electron chi connectivity index (χ3n) is 1.76. The Morgan fingerprint density at radius 3 is 2.38 bits per heavy atom. The van der Waals surface area contributed by atoms with Gasteiger partial charge in [-0.2, -0.15) is 13.2 Å². The number of anilines is 1. The van der Waals surface area contributed by atoms with Crippen molar-refractivity contribution in [3.8, 4) is 5.75 Å². The van der Waals surface area contributed by atoms with Gasteiger partial charge in [0, 0.05) is 18.5 Å². The van der Waals surface area contributed by atoms with Gasteiger partial charge in [-0.3, -0.25) is 0 Å². The molecule has 0 saturated heterocycles. The fourth-order valence-electron chi connectivity index (χ4n) is 1.03. The summed E-state index contributed by atoms with van der Waals surface area (Å²) in [6.45, 7) is 0.0447. The lowest BCUT2D eigenvalue weighted by Gasteiger charge is -2.08. The smallest absolute Gasteiger partial charge is 0.441 e. The Labute approximate surface area is 96.2 Å². The van der Waals surface area contributed by atoms with Crippen LogP contribution in [-0.2, 0) is 0 Å². The largest absolute Gasteiger partial charge is 0.493 e. The molecule has 1 N–H and O–H groups in total. The normalized spacial score (nSPS) is 11.2. The molecule has 0 aliphatic heterocycles. The zero-order chi connectivity index (χ0) is 12.0. The number of thioether (sulfide) groups is 1.